The minimum Gasteiger partial charge on any atom is -0.242 e. The van der Waals surface area contributed by atoms with Gasteiger partial charge in [0.2, 0.25) is 0 Å². The van der Waals surface area contributed by atoms with Crippen molar-refractivity contribution in [1.82, 2.24) is 13.9 Å². The van der Waals surface area contributed by atoms with Crippen LogP contribution in [0.4, 0.5) is 4.39 Å². The average Bonchev–Trinajstić information content (AvgIpc) is 3.08. The van der Waals surface area contributed by atoms with Crippen LogP contribution in [0.5, 0.6) is 0 Å². The molecule has 0 amide bonds. The highest BCUT2D eigenvalue weighted by molar-refractivity contribution is 7.90. The van der Waals surface area contributed by atoms with E-state index >= 15 is 0 Å². The van der Waals surface area contributed by atoms with Crippen LogP contribution in [0.15, 0.2) is 47.6 Å². The van der Waals surface area contributed by atoms with Gasteiger partial charge < -0.3 is 0 Å². The maximum atomic E-state index is 14.1. The molecule has 1 aromatic carbocycles. The van der Waals surface area contributed by atoms with Crippen molar-refractivity contribution in [2.24, 2.45) is 0 Å². The van der Waals surface area contributed by atoms with Crippen LogP contribution in [-0.2, 0) is 10.0 Å². The second-order valence-corrected chi connectivity index (χ2v) is 8.21. The molecule has 160 valence electrons. The SMILES string of the molecule is CC.CC.Cc1ccc(S(=O)(=O)n2c3cnc(Cl)cc3c3c(C)c(F)cnc32)cc1. The van der Waals surface area contributed by atoms with Gasteiger partial charge in [0.15, 0.2) is 5.65 Å². The molecule has 0 fully saturated rings. The summed E-state index contributed by atoms with van der Waals surface area (Å²) in [6.45, 7) is 11.5. The second-order valence-electron chi connectivity index (χ2n) is 6.04. The first-order chi connectivity index (χ1) is 14.3. The maximum Gasteiger partial charge on any atom is 0.269 e. The standard InChI is InChI=1S/C18H13ClFN3O2S.2C2H6/c1-10-3-5-12(6-4-10)26(24,25)23-15-9-21-16(19)7-13(15)17-11(2)14(20)8-22-18(17)23;2*1-2/h3-9H,1-2H3;2*1-2H3. The summed E-state index contributed by atoms with van der Waals surface area (Å²) in [6.07, 6.45) is 2.38. The summed E-state index contributed by atoms with van der Waals surface area (Å²) in [5, 5.41) is 1.08. The third-order valence-electron chi connectivity index (χ3n) is 4.35. The van der Waals surface area contributed by atoms with E-state index in [1.807, 2.05) is 34.6 Å². The summed E-state index contributed by atoms with van der Waals surface area (Å²) in [5.74, 6) is -0.516. The van der Waals surface area contributed by atoms with E-state index in [4.69, 9.17) is 11.6 Å². The Hall–Kier alpha value is -2.51. The van der Waals surface area contributed by atoms with E-state index in [1.54, 1.807) is 19.1 Å². The van der Waals surface area contributed by atoms with Crippen molar-refractivity contribution in [2.75, 3.05) is 0 Å². The van der Waals surface area contributed by atoms with E-state index in [9.17, 15) is 12.8 Å². The lowest BCUT2D eigenvalue weighted by Crippen LogP contribution is -2.13. The van der Waals surface area contributed by atoms with E-state index in [2.05, 4.69) is 9.97 Å². The van der Waals surface area contributed by atoms with Crippen LogP contribution in [0, 0.1) is 19.7 Å². The number of hydrogen-bond donors (Lipinski definition) is 0. The van der Waals surface area contributed by atoms with E-state index in [-0.39, 0.29) is 15.7 Å². The van der Waals surface area contributed by atoms with Gasteiger partial charge in [-0.3, -0.25) is 0 Å². The van der Waals surface area contributed by atoms with Crippen molar-refractivity contribution in [3.8, 4) is 0 Å². The van der Waals surface area contributed by atoms with Crippen molar-refractivity contribution in [3.63, 3.8) is 0 Å². The van der Waals surface area contributed by atoms with Crippen LogP contribution in [0.2, 0.25) is 5.15 Å². The molecule has 0 N–H and O–H groups in total. The van der Waals surface area contributed by atoms with Crippen LogP contribution >= 0.6 is 11.6 Å². The molecule has 0 radical (unpaired) electrons. The van der Waals surface area contributed by atoms with E-state index in [0.717, 1.165) is 15.7 Å². The third kappa shape index (κ3) is 4.04. The molecule has 0 aliphatic carbocycles. The normalized spacial score (nSPS) is 10.9. The highest BCUT2D eigenvalue weighted by atomic mass is 35.5. The van der Waals surface area contributed by atoms with E-state index in [1.165, 1.54) is 24.4 Å². The topological polar surface area (TPSA) is 64.8 Å². The fourth-order valence-electron chi connectivity index (χ4n) is 3.00. The largest absolute Gasteiger partial charge is 0.269 e. The Kier molecular flexibility index (Phi) is 7.55. The molecule has 5 nitrogen and oxygen atoms in total. The second kappa shape index (κ2) is 9.53. The van der Waals surface area contributed by atoms with Gasteiger partial charge in [-0.2, -0.15) is 0 Å². The molecule has 30 heavy (non-hydrogen) atoms. The molecule has 0 spiro atoms. The number of halogens is 2. The number of aromatic nitrogens is 3. The van der Waals surface area contributed by atoms with Gasteiger partial charge in [0.05, 0.1) is 22.8 Å². The Balaban J connectivity index is 0.000000757. The van der Waals surface area contributed by atoms with Crippen molar-refractivity contribution in [3.05, 3.63) is 64.8 Å². The van der Waals surface area contributed by atoms with Gasteiger partial charge in [0.25, 0.3) is 10.0 Å². The van der Waals surface area contributed by atoms with Gasteiger partial charge in [0.1, 0.15) is 11.0 Å². The highest BCUT2D eigenvalue weighted by Gasteiger charge is 2.26. The monoisotopic (exact) mass is 449 g/mol. The zero-order valence-corrected chi connectivity index (χ0v) is 19.4. The molecule has 3 heterocycles. The first-order valence-electron chi connectivity index (χ1n) is 9.73. The lowest BCUT2D eigenvalue weighted by molar-refractivity contribution is 0.589. The van der Waals surface area contributed by atoms with Crippen molar-refractivity contribution in [1.29, 1.82) is 0 Å². The molecule has 3 aromatic heterocycles. The number of rotatable bonds is 2. The molecular weight excluding hydrogens is 425 g/mol. The molecule has 8 heteroatoms. The summed E-state index contributed by atoms with van der Waals surface area (Å²) in [4.78, 5) is 8.16. The summed E-state index contributed by atoms with van der Waals surface area (Å²) in [5.41, 5.74) is 1.69. The summed E-state index contributed by atoms with van der Waals surface area (Å²) in [7, 11) is -3.96. The molecule has 0 saturated heterocycles. The van der Waals surface area contributed by atoms with Gasteiger partial charge in [-0.15, -0.1) is 0 Å². The minimum absolute atomic E-state index is 0.112. The van der Waals surface area contributed by atoms with Crippen LogP contribution in [0.25, 0.3) is 21.9 Å². The molecular formula is C22H25ClFN3O2S. The van der Waals surface area contributed by atoms with Crippen LogP contribution in [0.1, 0.15) is 38.8 Å². The first kappa shape index (κ1) is 23.8. The Morgan fingerprint density at radius 2 is 1.57 bits per heavy atom. The summed E-state index contributed by atoms with van der Waals surface area (Å²) >= 11 is 5.99. The van der Waals surface area contributed by atoms with Gasteiger partial charge >= 0.3 is 0 Å². The quantitative estimate of drug-likeness (QED) is 0.337. The van der Waals surface area contributed by atoms with Gasteiger partial charge in [0, 0.05) is 10.8 Å². The average molecular weight is 450 g/mol. The fourth-order valence-corrected chi connectivity index (χ4v) is 4.62. The Morgan fingerprint density at radius 3 is 2.17 bits per heavy atom. The minimum atomic E-state index is -3.96. The molecule has 0 unspecified atom stereocenters. The lowest BCUT2D eigenvalue weighted by Gasteiger charge is -2.09. The molecule has 0 bridgehead atoms. The number of aryl methyl sites for hydroxylation is 2. The van der Waals surface area contributed by atoms with Gasteiger partial charge in [-0.1, -0.05) is 57.0 Å². The van der Waals surface area contributed by atoms with Crippen LogP contribution in [-0.4, -0.2) is 22.4 Å². The van der Waals surface area contributed by atoms with Crippen molar-refractivity contribution in [2.45, 2.75) is 46.4 Å². The number of hydrogen-bond acceptors (Lipinski definition) is 4. The first-order valence-corrected chi connectivity index (χ1v) is 11.6. The van der Waals surface area contributed by atoms with Crippen LogP contribution < -0.4 is 0 Å². The number of fused-ring (bicyclic) bond motifs is 3. The smallest absolute Gasteiger partial charge is 0.242 e. The molecule has 0 aliphatic heterocycles. The number of benzene rings is 1. The van der Waals surface area contributed by atoms with E-state index < -0.39 is 15.8 Å². The predicted octanol–water partition coefficient (Wildman–Crippen LogP) is 6.28. The molecule has 0 atom stereocenters. The Labute approximate surface area is 181 Å². The van der Waals surface area contributed by atoms with Crippen molar-refractivity contribution < 1.29 is 12.8 Å². The number of nitrogens with zero attached hydrogens (tertiary/aromatic N) is 3. The number of pyridine rings is 2. The highest BCUT2D eigenvalue weighted by Crippen LogP contribution is 2.34. The fraction of sp³-hybridized carbons (Fsp3) is 0.273. The van der Waals surface area contributed by atoms with E-state index in [0.29, 0.717) is 21.9 Å². The van der Waals surface area contributed by atoms with Crippen molar-refractivity contribution >= 4 is 43.6 Å². The summed E-state index contributed by atoms with van der Waals surface area (Å²) < 4.78 is 41.7. The Bertz CT molecular complexity index is 1280. The van der Waals surface area contributed by atoms with Gasteiger partial charge in [-0.05, 0) is 37.6 Å². The Morgan fingerprint density at radius 1 is 0.967 bits per heavy atom. The summed E-state index contributed by atoms with van der Waals surface area (Å²) in [6, 6.07) is 8.01. The lowest BCUT2D eigenvalue weighted by atomic mass is 10.1. The molecule has 4 rings (SSSR count). The molecule has 0 aliphatic rings. The maximum absolute atomic E-state index is 14.1. The molecule has 4 aromatic rings. The zero-order valence-electron chi connectivity index (χ0n) is 17.9. The van der Waals surface area contributed by atoms with Crippen LogP contribution in [0.3, 0.4) is 0 Å². The van der Waals surface area contributed by atoms with Gasteiger partial charge in [-0.25, -0.2) is 26.7 Å². The third-order valence-corrected chi connectivity index (χ3v) is 6.27. The molecule has 0 saturated carbocycles. The zero-order chi connectivity index (χ0) is 22.6. The predicted molar refractivity (Wildman–Crippen MR) is 121 cm³/mol.